The van der Waals surface area contributed by atoms with E-state index < -0.39 is 24.5 Å². The molecule has 5 aliphatic rings. The Morgan fingerprint density at radius 3 is 2.41 bits per heavy atom. The lowest BCUT2D eigenvalue weighted by molar-refractivity contribution is -0.159. The van der Waals surface area contributed by atoms with E-state index in [2.05, 4.69) is 22.6 Å². The van der Waals surface area contributed by atoms with Crippen molar-refractivity contribution in [2.75, 3.05) is 11.9 Å². The number of carbonyl (C=O) groups excluding carboxylic acids is 4. The first-order valence-electron chi connectivity index (χ1n) is 9.82. The Morgan fingerprint density at radius 1 is 1.24 bits per heavy atom. The molecule has 1 saturated heterocycles. The second-order valence-corrected chi connectivity index (χ2v) is 8.36. The minimum atomic E-state index is -1.07. The first kappa shape index (κ1) is 18.1. The van der Waals surface area contributed by atoms with E-state index in [0.29, 0.717) is 17.6 Å². The summed E-state index contributed by atoms with van der Waals surface area (Å²) >= 11 is 0. The summed E-state index contributed by atoms with van der Waals surface area (Å²) < 4.78 is 9.88. The summed E-state index contributed by atoms with van der Waals surface area (Å²) in [5.41, 5.74) is 0. The second-order valence-electron chi connectivity index (χ2n) is 8.36. The average molecular weight is 399 g/mol. The number of carbonyl (C=O) groups is 4. The van der Waals surface area contributed by atoms with E-state index in [9.17, 15) is 19.2 Å². The Kier molecular flexibility index (Phi) is 3.91. The predicted octanol–water partition coefficient (Wildman–Crippen LogP) is 0.906. The third-order valence-electron chi connectivity index (χ3n) is 6.67. The number of hydrogen-bond donors (Lipinski definition) is 1. The average Bonchev–Trinajstić information content (AvgIpc) is 3.37. The van der Waals surface area contributed by atoms with E-state index in [1.54, 1.807) is 6.92 Å². The molecule has 1 aromatic rings. The van der Waals surface area contributed by atoms with Gasteiger partial charge in [-0.25, -0.2) is 4.79 Å². The minimum absolute atomic E-state index is 0.0939. The van der Waals surface area contributed by atoms with Gasteiger partial charge in [-0.2, -0.15) is 0 Å². The predicted molar refractivity (Wildman–Crippen MR) is 96.8 cm³/mol. The van der Waals surface area contributed by atoms with Crippen molar-refractivity contribution in [1.29, 1.82) is 0 Å². The number of hydrogen-bond acceptors (Lipinski definition) is 7. The summed E-state index contributed by atoms with van der Waals surface area (Å²) in [7, 11) is 0. The van der Waals surface area contributed by atoms with Crippen molar-refractivity contribution >= 4 is 29.5 Å². The van der Waals surface area contributed by atoms with Crippen LogP contribution in [-0.4, -0.2) is 46.4 Å². The Labute approximate surface area is 166 Å². The van der Waals surface area contributed by atoms with Gasteiger partial charge < -0.3 is 14.6 Å². The minimum Gasteiger partial charge on any atom is -0.454 e. The van der Waals surface area contributed by atoms with E-state index in [1.807, 2.05) is 0 Å². The van der Waals surface area contributed by atoms with Crippen LogP contribution >= 0.6 is 0 Å². The quantitative estimate of drug-likeness (QED) is 0.444. The van der Waals surface area contributed by atoms with Crippen LogP contribution < -0.4 is 5.32 Å². The number of anilines is 1. The SMILES string of the molecule is Cc1cc(NC(=O)COC(=O)C(C)N2C(=O)C3C4C=CC(C5CC45)C3C2=O)no1. The fourth-order valence-electron chi connectivity index (χ4n) is 5.33. The van der Waals surface area contributed by atoms with Gasteiger partial charge in [-0.3, -0.25) is 19.3 Å². The van der Waals surface area contributed by atoms with Crippen molar-refractivity contribution in [3.63, 3.8) is 0 Å². The number of allylic oxidation sites excluding steroid dienone is 2. The molecule has 7 atom stereocenters. The lowest BCUT2D eigenvalue weighted by atomic mass is 9.63. The molecule has 7 unspecified atom stereocenters. The number of likely N-dealkylation sites (tertiary alicyclic amines) is 1. The summed E-state index contributed by atoms with van der Waals surface area (Å²) in [5, 5.41) is 6.06. The van der Waals surface area contributed by atoms with Crippen LogP contribution in [0.5, 0.6) is 0 Å². The van der Waals surface area contributed by atoms with Gasteiger partial charge in [0.1, 0.15) is 11.8 Å². The van der Waals surface area contributed by atoms with Gasteiger partial charge in [0.05, 0.1) is 11.8 Å². The highest BCUT2D eigenvalue weighted by molar-refractivity contribution is 6.08. The lowest BCUT2D eigenvalue weighted by Crippen LogP contribution is -2.45. The van der Waals surface area contributed by atoms with Crippen LogP contribution in [0, 0.1) is 42.4 Å². The summed E-state index contributed by atoms with van der Waals surface area (Å²) in [4.78, 5) is 51.4. The molecule has 6 rings (SSSR count). The van der Waals surface area contributed by atoms with Crippen LogP contribution in [0.4, 0.5) is 5.82 Å². The molecule has 0 radical (unpaired) electrons. The molecular formula is C20H21N3O6. The van der Waals surface area contributed by atoms with Crippen molar-refractivity contribution < 1.29 is 28.4 Å². The number of esters is 1. The standard InChI is InChI=1S/C20H21N3O6/c1-8-5-14(22-29-8)21-15(24)7-28-20(27)9(2)23-18(25)16-10-3-4-11(13-6-12(10)13)17(16)19(23)26/h3-5,9-13,16-17H,6-7H2,1-2H3,(H,21,22,24). The van der Waals surface area contributed by atoms with Gasteiger partial charge in [-0.15, -0.1) is 0 Å². The van der Waals surface area contributed by atoms with Crippen molar-refractivity contribution in [3.8, 4) is 0 Å². The van der Waals surface area contributed by atoms with E-state index >= 15 is 0 Å². The lowest BCUT2D eigenvalue weighted by Gasteiger charge is -2.37. The van der Waals surface area contributed by atoms with E-state index in [1.165, 1.54) is 13.0 Å². The maximum atomic E-state index is 13.0. The fourth-order valence-corrected chi connectivity index (χ4v) is 5.33. The number of imide groups is 1. The third kappa shape index (κ3) is 2.71. The molecule has 29 heavy (non-hydrogen) atoms. The smallest absolute Gasteiger partial charge is 0.329 e. The van der Waals surface area contributed by atoms with E-state index in [0.717, 1.165) is 11.3 Å². The van der Waals surface area contributed by atoms with Gasteiger partial charge >= 0.3 is 5.97 Å². The zero-order valence-electron chi connectivity index (χ0n) is 16.0. The van der Waals surface area contributed by atoms with Gasteiger partial charge in [0.15, 0.2) is 12.4 Å². The van der Waals surface area contributed by atoms with E-state index in [4.69, 9.17) is 9.26 Å². The summed E-state index contributed by atoms with van der Waals surface area (Å²) in [6.07, 6.45) is 5.23. The monoisotopic (exact) mass is 399 g/mol. The van der Waals surface area contributed by atoms with Gasteiger partial charge in [-0.1, -0.05) is 17.3 Å². The summed E-state index contributed by atoms with van der Waals surface area (Å²) in [6, 6.07) is 0.455. The molecule has 0 spiro atoms. The molecule has 1 N–H and O–H groups in total. The Morgan fingerprint density at radius 2 is 1.86 bits per heavy atom. The summed E-state index contributed by atoms with van der Waals surface area (Å²) in [5.74, 6) is -0.780. The molecule has 2 saturated carbocycles. The molecule has 152 valence electrons. The highest BCUT2D eigenvalue weighted by atomic mass is 16.5. The van der Waals surface area contributed by atoms with Gasteiger partial charge in [0.2, 0.25) is 11.8 Å². The third-order valence-corrected chi connectivity index (χ3v) is 6.67. The highest BCUT2D eigenvalue weighted by Crippen LogP contribution is 2.65. The van der Waals surface area contributed by atoms with Gasteiger partial charge in [0, 0.05) is 6.07 Å². The molecule has 4 aliphatic carbocycles. The largest absolute Gasteiger partial charge is 0.454 e. The number of ether oxygens (including phenoxy) is 1. The molecule has 9 nitrogen and oxygen atoms in total. The van der Waals surface area contributed by atoms with Crippen LogP contribution in [0.2, 0.25) is 0 Å². The van der Waals surface area contributed by atoms with E-state index in [-0.39, 0.29) is 41.3 Å². The molecule has 1 aliphatic heterocycles. The molecule has 1 aromatic heterocycles. The van der Waals surface area contributed by atoms with Crippen molar-refractivity contribution in [2.45, 2.75) is 26.3 Å². The van der Waals surface area contributed by atoms with Crippen molar-refractivity contribution in [3.05, 3.63) is 24.0 Å². The first-order valence-corrected chi connectivity index (χ1v) is 9.82. The number of aromatic nitrogens is 1. The highest BCUT2D eigenvalue weighted by Gasteiger charge is 2.67. The maximum absolute atomic E-state index is 13.0. The topological polar surface area (TPSA) is 119 Å². The molecule has 2 bridgehead atoms. The molecule has 9 heteroatoms. The maximum Gasteiger partial charge on any atom is 0.329 e. The van der Waals surface area contributed by atoms with Crippen LogP contribution in [-0.2, 0) is 23.9 Å². The van der Waals surface area contributed by atoms with Gasteiger partial charge in [0.25, 0.3) is 5.91 Å². The van der Waals surface area contributed by atoms with Gasteiger partial charge in [-0.05, 0) is 43.9 Å². The Bertz CT molecular complexity index is 916. The zero-order valence-corrected chi connectivity index (χ0v) is 16.0. The molecular weight excluding hydrogens is 378 g/mol. The molecule has 3 fully saturated rings. The van der Waals surface area contributed by atoms with Crippen molar-refractivity contribution in [2.24, 2.45) is 35.5 Å². The summed E-state index contributed by atoms with van der Waals surface area (Å²) in [6.45, 7) is 2.59. The van der Waals surface area contributed by atoms with Crippen LogP contribution in [0.25, 0.3) is 0 Å². The normalized spacial score (nSPS) is 34.6. The second kappa shape index (κ2) is 6.27. The number of rotatable bonds is 5. The zero-order chi connectivity index (χ0) is 20.4. The van der Waals surface area contributed by atoms with Crippen molar-refractivity contribution in [1.82, 2.24) is 10.1 Å². The Hall–Kier alpha value is -2.97. The molecule has 3 amide bonds. The molecule has 2 heterocycles. The first-order chi connectivity index (χ1) is 13.9. The number of nitrogens with zero attached hydrogens (tertiary/aromatic N) is 2. The number of aryl methyl sites for hydroxylation is 1. The molecule has 0 aromatic carbocycles. The Balaban J connectivity index is 1.22. The van der Waals surface area contributed by atoms with Crippen LogP contribution in [0.3, 0.4) is 0 Å². The number of amides is 3. The van der Waals surface area contributed by atoms with Crippen LogP contribution in [0.15, 0.2) is 22.7 Å². The number of nitrogens with one attached hydrogen (secondary N) is 1. The van der Waals surface area contributed by atoms with Crippen LogP contribution in [0.1, 0.15) is 19.1 Å². The fraction of sp³-hybridized carbons (Fsp3) is 0.550.